The van der Waals surface area contributed by atoms with E-state index >= 15 is 0 Å². The fraction of sp³-hybridized carbons (Fsp3) is 0.214. The van der Waals surface area contributed by atoms with Gasteiger partial charge in [0.2, 0.25) is 0 Å². The zero-order valence-electron chi connectivity index (χ0n) is 20.2. The number of methoxy groups -OCH3 is 2. The molecule has 0 unspecified atom stereocenters. The van der Waals surface area contributed by atoms with E-state index < -0.39 is 0 Å². The summed E-state index contributed by atoms with van der Waals surface area (Å²) in [7, 11) is 3.23. The highest BCUT2D eigenvalue weighted by Crippen LogP contribution is 2.31. The third-order valence-electron chi connectivity index (χ3n) is 6.16. The number of carbonyl (C=O) groups excluding carboxylic acids is 1. The fourth-order valence-corrected chi connectivity index (χ4v) is 5.38. The van der Waals surface area contributed by atoms with Gasteiger partial charge in [-0.15, -0.1) is 0 Å². The van der Waals surface area contributed by atoms with Crippen molar-refractivity contribution in [2.75, 3.05) is 20.8 Å². The summed E-state index contributed by atoms with van der Waals surface area (Å²) in [6.45, 7) is 4.74. The molecule has 6 nitrogen and oxygen atoms in total. The molecule has 0 radical (unpaired) electrons. The van der Waals surface area contributed by atoms with E-state index in [2.05, 4.69) is 48.0 Å². The third kappa shape index (κ3) is 4.47. The van der Waals surface area contributed by atoms with Gasteiger partial charge in [-0.25, -0.2) is 4.98 Å². The summed E-state index contributed by atoms with van der Waals surface area (Å²) in [5.74, 6) is 1.29. The summed E-state index contributed by atoms with van der Waals surface area (Å²) in [6, 6.07) is 18.0. The number of rotatable bonds is 7. The fourth-order valence-electron chi connectivity index (χ4n) is 4.33. The lowest BCUT2D eigenvalue weighted by atomic mass is 10.0. The summed E-state index contributed by atoms with van der Waals surface area (Å²) >= 11 is 1.59. The number of amides is 1. The molecule has 0 aliphatic heterocycles. The molecule has 2 heterocycles. The quantitative estimate of drug-likeness (QED) is 0.315. The van der Waals surface area contributed by atoms with Crippen LogP contribution in [0.4, 0.5) is 0 Å². The maximum absolute atomic E-state index is 12.8. The molecule has 0 atom stereocenters. The molecule has 2 aromatic heterocycles. The molecule has 0 bridgehead atoms. The summed E-state index contributed by atoms with van der Waals surface area (Å²) < 4.78 is 13.8. The molecule has 1 N–H and O–H groups in total. The number of aromatic nitrogens is 2. The van der Waals surface area contributed by atoms with E-state index in [1.54, 1.807) is 25.6 Å². The van der Waals surface area contributed by atoms with Crippen molar-refractivity contribution in [2.45, 2.75) is 20.3 Å². The van der Waals surface area contributed by atoms with E-state index in [-0.39, 0.29) is 5.91 Å². The molecule has 0 aliphatic rings. The second-order valence-electron chi connectivity index (χ2n) is 8.58. The van der Waals surface area contributed by atoms with Gasteiger partial charge in [0.1, 0.15) is 0 Å². The molecule has 0 spiro atoms. The van der Waals surface area contributed by atoms with Crippen LogP contribution in [0.3, 0.4) is 0 Å². The minimum absolute atomic E-state index is 0.0885. The van der Waals surface area contributed by atoms with Crippen molar-refractivity contribution < 1.29 is 14.3 Å². The number of benzene rings is 3. The van der Waals surface area contributed by atoms with E-state index in [0.29, 0.717) is 30.0 Å². The number of ether oxygens (including phenoxy) is 2. The van der Waals surface area contributed by atoms with E-state index in [9.17, 15) is 4.79 Å². The molecule has 0 aliphatic carbocycles. The van der Waals surface area contributed by atoms with Gasteiger partial charge in [-0.1, -0.05) is 41.2 Å². The number of nitrogens with zero attached hydrogens (tertiary/aromatic N) is 2. The van der Waals surface area contributed by atoms with Crippen LogP contribution >= 0.6 is 11.3 Å². The van der Waals surface area contributed by atoms with Crippen LogP contribution in [0.5, 0.6) is 11.5 Å². The molecule has 35 heavy (non-hydrogen) atoms. The second kappa shape index (κ2) is 9.43. The van der Waals surface area contributed by atoms with Gasteiger partial charge in [0, 0.05) is 23.9 Å². The van der Waals surface area contributed by atoms with Gasteiger partial charge in [-0.05, 0) is 61.7 Å². The number of thiazole rings is 1. The summed E-state index contributed by atoms with van der Waals surface area (Å²) in [6.07, 6.45) is 2.77. The van der Waals surface area contributed by atoms with E-state index in [0.717, 1.165) is 32.0 Å². The number of imidazole rings is 1. The average Bonchev–Trinajstić information content (AvgIpc) is 3.41. The van der Waals surface area contributed by atoms with E-state index in [4.69, 9.17) is 14.5 Å². The Kier molecular flexibility index (Phi) is 6.17. The lowest BCUT2D eigenvalue weighted by Crippen LogP contribution is -2.25. The van der Waals surface area contributed by atoms with Crippen LogP contribution in [-0.4, -0.2) is 36.1 Å². The van der Waals surface area contributed by atoms with Crippen LogP contribution in [0.1, 0.15) is 27.0 Å². The molecule has 1 amide bonds. The number of fused-ring (bicyclic) bond motifs is 3. The van der Waals surface area contributed by atoms with Gasteiger partial charge in [0.05, 0.1) is 30.1 Å². The van der Waals surface area contributed by atoms with Crippen LogP contribution < -0.4 is 14.8 Å². The zero-order valence-corrected chi connectivity index (χ0v) is 21.0. The van der Waals surface area contributed by atoms with E-state index in [1.807, 2.05) is 36.4 Å². The van der Waals surface area contributed by atoms with Crippen molar-refractivity contribution in [3.8, 4) is 22.8 Å². The summed E-state index contributed by atoms with van der Waals surface area (Å²) in [4.78, 5) is 18.6. The van der Waals surface area contributed by atoms with Gasteiger partial charge in [0.25, 0.3) is 5.91 Å². The first kappa shape index (κ1) is 22.9. The van der Waals surface area contributed by atoms with Crippen molar-refractivity contribution in [2.24, 2.45) is 0 Å². The van der Waals surface area contributed by atoms with Crippen molar-refractivity contribution in [3.63, 3.8) is 0 Å². The lowest BCUT2D eigenvalue weighted by molar-refractivity contribution is 0.0954. The van der Waals surface area contributed by atoms with Crippen LogP contribution in [0.2, 0.25) is 0 Å². The zero-order chi connectivity index (χ0) is 24.5. The largest absolute Gasteiger partial charge is 0.493 e. The number of hydrogen-bond donors (Lipinski definition) is 1. The SMILES string of the molecule is COc1ccc(CCNC(=O)c2ccc3c(c2)sc2nc(-c4ccc(C)cc4C)cn23)cc1OC. The highest BCUT2D eigenvalue weighted by molar-refractivity contribution is 7.23. The van der Waals surface area contributed by atoms with Gasteiger partial charge in [0.15, 0.2) is 16.5 Å². The molecule has 7 heteroatoms. The van der Waals surface area contributed by atoms with Gasteiger partial charge < -0.3 is 14.8 Å². The van der Waals surface area contributed by atoms with Crippen molar-refractivity contribution in [3.05, 3.63) is 83.0 Å². The Morgan fingerprint density at radius 1 is 1.00 bits per heavy atom. The molecular formula is C28H27N3O3S. The Labute approximate surface area is 208 Å². The van der Waals surface area contributed by atoms with Crippen molar-refractivity contribution >= 4 is 32.4 Å². The smallest absolute Gasteiger partial charge is 0.251 e. The van der Waals surface area contributed by atoms with Crippen molar-refractivity contribution in [1.82, 2.24) is 14.7 Å². The molecule has 0 fully saturated rings. The lowest BCUT2D eigenvalue weighted by Gasteiger charge is -2.10. The molecule has 3 aromatic carbocycles. The Morgan fingerprint density at radius 2 is 1.83 bits per heavy atom. The Morgan fingerprint density at radius 3 is 2.60 bits per heavy atom. The van der Waals surface area contributed by atoms with Crippen molar-refractivity contribution in [1.29, 1.82) is 0 Å². The molecular weight excluding hydrogens is 458 g/mol. The van der Waals surface area contributed by atoms with E-state index in [1.165, 1.54) is 11.1 Å². The average molecular weight is 486 g/mol. The first-order valence-electron chi connectivity index (χ1n) is 11.4. The minimum Gasteiger partial charge on any atom is -0.493 e. The Hall–Kier alpha value is -3.84. The highest BCUT2D eigenvalue weighted by atomic mass is 32.1. The topological polar surface area (TPSA) is 64.9 Å². The maximum atomic E-state index is 12.8. The van der Waals surface area contributed by atoms with Crippen LogP contribution in [0.25, 0.3) is 26.4 Å². The highest BCUT2D eigenvalue weighted by Gasteiger charge is 2.14. The summed E-state index contributed by atoms with van der Waals surface area (Å²) in [5.41, 5.74) is 7.33. The number of carbonyl (C=O) groups is 1. The predicted molar refractivity (Wildman–Crippen MR) is 141 cm³/mol. The van der Waals surface area contributed by atoms with Gasteiger partial charge in [-0.3, -0.25) is 9.20 Å². The molecule has 0 saturated carbocycles. The normalized spacial score (nSPS) is 11.2. The van der Waals surface area contributed by atoms with Crippen LogP contribution in [0, 0.1) is 13.8 Å². The molecule has 0 saturated heterocycles. The number of aryl methyl sites for hydroxylation is 2. The number of nitrogens with one attached hydrogen (secondary N) is 1. The minimum atomic E-state index is -0.0885. The maximum Gasteiger partial charge on any atom is 0.251 e. The second-order valence-corrected chi connectivity index (χ2v) is 9.59. The molecule has 5 aromatic rings. The van der Waals surface area contributed by atoms with Crippen LogP contribution in [0.15, 0.2) is 60.8 Å². The Bertz CT molecular complexity index is 1550. The summed E-state index contributed by atoms with van der Waals surface area (Å²) in [5, 5.41) is 3.02. The Balaban J connectivity index is 1.30. The first-order chi connectivity index (χ1) is 17.0. The predicted octanol–water partition coefficient (Wildman–Crippen LogP) is 5.82. The monoisotopic (exact) mass is 485 g/mol. The third-order valence-corrected chi connectivity index (χ3v) is 7.18. The number of hydrogen-bond acceptors (Lipinski definition) is 5. The standard InChI is InChI=1S/C28H27N3O3S/c1-17-5-8-21(18(2)13-17)22-16-31-23-9-7-20(15-26(23)35-28(31)30-22)27(32)29-12-11-19-6-10-24(33-3)25(14-19)34-4/h5-10,13-16H,11-12H2,1-4H3,(H,29,32). The van der Waals surface area contributed by atoms with Gasteiger partial charge >= 0.3 is 0 Å². The van der Waals surface area contributed by atoms with Gasteiger partial charge in [-0.2, -0.15) is 0 Å². The molecule has 5 rings (SSSR count). The molecule has 178 valence electrons. The first-order valence-corrected chi connectivity index (χ1v) is 12.3. The van der Waals surface area contributed by atoms with Crippen LogP contribution in [-0.2, 0) is 6.42 Å².